The number of rotatable bonds is 6. The summed E-state index contributed by atoms with van der Waals surface area (Å²) >= 11 is 3.17. The summed E-state index contributed by atoms with van der Waals surface area (Å²) in [5.41, 5.74) is 3.30. The number of hydrogen-bond donors (Lipinski definition) is 1. The second-order valence-corrected chi connectivity index (χ2v) is 7.72. The number of carbonyl (C=O) groups is 1. The molecule has 0 aliphatic heterocycles. The molecule has 2 aromatic carbocycles. The number of nitriles is 1. The molecule has 4 nitrogen and oxygen atoms in total. The van der Waals surface area contributed by atoms with E-state index < -0.39 is 0 Å². The molecule has 3 aromatic rings. The van der Waals surface area contributed by atoms with Crippen LogP contribution in [0.4, 0.5) is 5.13 Å². The van der Waals surface area contributed by atoms with Crippen LogP contribution >= 0.6 is 23.1 Å². The maximum Gasteiger partial charge on any atom is 0.230 e. The van der Waals surface area contributed by atoms with Crippen molar-refractivity contribution in [1.29, 1.82) is 5.26 Å². The van der Waals surface area contributed by atoms with E-state index in [0.29, 0.717) is 17.1 Å². The number of nitrogens with one attached hydrogen (secondary N) is 1. The molecule has 3 rings (SSSR count). The van der Waals surface area contributed by atoms with Crippen molar-refractivity contribution in [2.45, 2.75) is 18.2 Å². The molecule has 0 aliphatic rings. The van der Waals surface area contributed by atoms with Gasteiger partial charge in [0.05, 0.1) is 23.7 Å². The molecule has 1 aromatic heterocycles. The van der Waals surface area contributed by atoms with Crippen LogP contribution in [0, 0.1) is 11.3 Å². The second-order valence-electron chi connectivity index (χ2n) is 5.53. The lowest BCUT2D eigenvalue weighted by Crippen LogP contribution is -2.14. The summed E-state index contributed by atoms with van der Waals surface area (Å²) in [6.07, 6.45) is 0.322. The van der Waals surface area contributed by atoms with Crippen LogP contribution in [0.25, 0.3) is 11.3 Å². The van der Waals surface area contributed by atoms with E-state index in [1.807, 2.05) is 41.8 Å². The third-order valence-corrected chi connectivity index (χ3v) is 5.31. The lowest BCUT2D eigenvalue weighted by Gasteiger charge is -2.04. The van der Waals surface area contributed by atoms with Crippen molar-refractivity contribution in [2.75, 3.05) is 11.1 Å². The summed E-state index contributed by atoms with van der Waals surface area (Å²) in [6.45, 7) is 2.12. The Morgan fingerprint density at radius 3 is 2.58 bits per heavy atom. The Morgan fingerprint density at radius 1 is 1.19 bits per heavy atom. The fraction of sp³-hybridized carbons (Fsp3) is 0.150. The number of carbonyl (C=O) groups excluding carboxylic acids is 1. The average molecular weight is 380 g/mol. The van der Waals surface area contributed by atoms with Gasteiger partial charge >= 0.3 is 0 Å². The number of thioether (sulfide) groups is 1. The molecular formula is C20H17N3OS2. The summed E-state index contributed by atoms with van der Waals surface area (Å²) < 4.78 is 0. The maximum atomic E-state index is 12.2. The molecule has 130 valence electrons. The molecule has 6 heteroatoms. The van der Waals surface area contributed by atoms with Crippen LogP contribution < -0.4 is 5.32 Å². The lowest BCUT2D eigenvalue weighted by atomic mass is 10.1. The van der Waals surface area contributed by atoms with Crippen molar-refractivity contribution in [3.05, 3.63) is 65.0 Å². The molecule has 1 amide bonds. The van der Waals surface area contributed by atoms with Crippen molar-refractivity contribution >= 4 is 34.1 Å². The number of nitrogens with zero attached hydrogens (tertiary/aromatic N) is 2. The summed E-state index contributed by atoms with van der Waals surface area (Å²) in [5, 5.41) is 14.2. The largest absolute Gasteiger partial charge is 0.302 e. The van der Waals surface area contributed by atoms with E-state index >= 15 is 0 Å². The molecule has 0 fully saturated rings. The summed E-state index contributed by atoms with van der Waals surface area (Å²) in [6, 6.07) is 17.4. The minimum absolute atomic E-state index is 0.0818. The number of benzene rings is 2. The van der Waals surface area contributed by atoms with Gasteiger partial charge in [0, 0.05) is 15.8 Å². The summed E-state index contributed by atoms with van der Waals surface area (Å²) in [4.78, 5) is 17.9. The Labute approximate surface area is 160 Å². The Bertz CT molecular complexity index is 925. The van der Waals surface area contributed by atoms with E-state index in [0.717, 1.165) is 22.6 Å². The number of hydrogen-bond acceptors (Lipinski definition) is 5. The van der Waals surface area contributed by atoms with Crippen molar-refractivity contribution < 1.29 is 4.79 Å². The summed E-state index contributed by atoms with van der Waals surface area (Å²) in [5.74, 6) is 0.951. The number of aromatic nitrogens is 1. The molecule has 0 saturated carbocycles. The van der Waals surface area contributed by atoms with Crippen LogP contribution in [0.2, 0.25) is 0 Å². The van der Waals surface area contributed by atoms with Crippen LogP contribution in [0.15, 0.2) is 58.8 Å². The van der Waals surface area contributed by atoms with Gasteiger partial charge in [0.15, 0.2) is 5.13 Å². The molecule has 0 saturated heterocycles. The minimum Gasteiger partial charge on any atom is -0.302 e. The van der Waals surface area contributed by atoms with E-state index in [1.54, 1.807) is 23.9 Å². The zero-order valence-electron chi connectivity index (χ0n) is 14.2. The number of thiazole rings is 1. The van der Waals surface area contributed by atoms with Crippen molar-refractivity contribution in [3.63, 3.8) is 0 Å². The van der Waals surface area contributed by atoms with E-state index in [2.05, 4.69) is 23.3 Å². The molecule has 0 aliphatic carbocycles. The molecule has 0 radical (unpaired) electrons. The smallest absolute Gasteiger partial charge is 0.230 e. The van der Waals surface area contributed by atoms with E-state index in [1.165, 1.54) is 16.2 Å². The average Bonchev–Trinajstić information content (AvgIpc) is 3.12. The van der Waals surface area contributed by atoms with Gasteiger partial charge in [-0.25, -0.2) is 4.98 Å². The SMILES string of the molecule is CCSc1ccc(CC(=O)Nc2nc(-c3ccc(C#N)cc3)cs2)cc1. The third kappa shape index (κ3) is 4.72. The predicted octanol–water partition coefficient (Wildman–Crippen LogP) is 4.97. The van der Waals surface area contributed by atoms with Gasteiger partial charge in [-0.05, 0) is 35.6 Å². The molecular weight excluding hydrogens is 362 g/mol. The van der Waals surface area contributed by atoms with Gasteiger partial charge in [-0.15, -0.1) is 23.1 Å². The molecule has 0 atom stereocenters. The van der Waals surface area contributed by atoms with Gasteiger partial charge < -0.3 is 5.32 Å². The van der Waals surface area contributed by atoms with Gasteiger partial charge in [0.2, 0.25) is 5.91 Å². The fourth-order valence-electron chi connectivity index (χ4n) is 2.40. The minimum atomic E-state index is -0.0818. The number of anilines is 1. The lowest BCUT2D eigenvalue weighted by molar-refractivity contribution is -0.115. The highest BCUT2D eigenvalue weighted by molar-refractivity contribution is 7.99. The Balaban J connectivity index is 1.61. The van der Waals surface area contributed by atoms with Crippen LogP contribution in [-0.2, 0) is 11.2 Å². The molecule has 1 N–H and O–H groups in total. The highest BCUT2D eigenvalue weighted by Crippen LogP contribution is 2.25. The maximum absolute atomic E-state index is 12.2. The van der Waals surface area contributed by atoms with E-state index in [4.69, 9.17) is 5.26 Å². The van der Waals surface area contributed by atoms with Crippen LogP contribution in [0.1, 0.15) is 18.1 Å². The van der Waals surface area contributed by atoms with E-state index in [9.17, 15) is 4.79 Å². The predicted molar refractivity (Wildman–Crippen MR) is 107 cm³/mol. The molecule has 0 unspecified atom stereocenters. The normalized spacial score (nSPS) is 10.3. The van der Waals surface area contributed by atoms with Crippen LogP contribution in [0.3, 0.4) is 0 Å². The summed E-state index contributed by atoms with van der Waals surface area (Å²) in [7, 11) is 0. The van der Waals surface area contributed by atoms with Crippen LogP contribution in [-0.4, -0.2) is 16.6 Å². The highest BCUT2D eigenvalue weighted by atomic mass is 32.2. The van der Waals surface area contributed by atoms with Crippen LogP contribution in [0.5, 0.6) is 0 Å². The Kier molecular flexibility index (Phi) is 6.05. The first-order valence-electron chi connectivity index (χ1n) is 8.15. The topological polar surface area (TPSA) is 65.8 Å². The molecule has 0 bridgehead atoms. The zero-order chi connectivity index (χ0) is 18.4. The first-order chi connectivity index (χ1) is 12.7. The van der Waals surface area contributed by atoms with E-state index in [-0.39, 0.29) is 5.91 Å². The van der Waals surface area contributed by atoms with Crippen molar-refractivity contribution in [1.82, 2.24) is 4.98 Å². The molecule has 0 spiro atoms. The monoisotopic (exact) mass is 379 g/mol. The van der Waals surface area contributed by atoms with Gasteiger partial charge in [-0.1, -0.05) is 31.2 Å². The number of amides is 1. The quantitative estimate of drug-likeness (QED) is 0.614. The first-order valence-corrected chi connectivity index (χ1v) is 10.0. The van der Waals surface area contributed by atoms with Crippen molar-refractivity contribution in [2.24, 2.45) is 0 Å². The van der Waals surface area contributed by atoms with Gasteiger partial charge in [0.25, 0.3) is 0 Å². The second kappa shape index (κ2) is 8.65. The Morgan fingerprint density at radius 2 is 1.92 bits per heavy atom. The van der Waals surface area contributed by atoms with Crippen molar-refractivity contribution in [3.8, 4) is 17.3 Å². The Hall–Kier alpha value is -2.62. The zero-order valence-corrected chi connectivity index (χ0v) is 15.9. The fourth-order valence-corrected chi connectivity index (χ4v) is 3.80. The van der Waals surface area contributed by atoms with Gasteiger partial charge in [-0.3, -0.25) is 4.79 Å². The standard InChI is InChI=1S/C20H17N3OS2/c1-2-25-17-9-5-14(6-10-17)11-19(24)23-20-22-18(13-26-20)16-7-3-15(12-21)4-8-16/h3-10,13H,2,11H2,1H3,(H,22,23,24). The highest BCUT2D eigenvalue weighted by Gasteiger charge is 2.09. The first kappa shape index (κ1) is 18.2. The molecule has 1 heterocycles. The van der Waals surface area contributed by atoms with Gasteiger partial charge in [0.1, 0.15) is 0 Å². The third-order valence-electron chi connectivity index (χ3n) is 3.66. The van der Waals surface area contributed by atoms with Gasteiger partial charge in [-0.2, -0.15) is 5.26 Å². The molecule has 26 heavy (non-hydrogen) atoms.